The van der Waals surface area contributed by atoms with Gasteiger partial charge >= 0.3 is 0 Å². The van der Waals surface area contributed by atoms with Crippen LogP contribution in [-0.4, -0.2) is 27.8 Å². The molecule has 0 atom stereocenters. The Morgan fingerprint density at radius 1 is 1.47 bits per heavy atom. The smallest absolute Gasteiger partial charge is 0.282 e. The molecule has 0 unspecified atom stereocenters. The summed E-state index contributed by atoms with van der Waals surface area (Å²) in [6, 6.07) is 0. The van der Waals surface area contributed by atoms with Gasteiger partial charge in [0.25, 0.3) is 5.56 Å². The molecule has 6 nitrogen and oxygen atoms in total. The summed E-state index contributed by atoms with van der Waals surface area (Å²) in [5.41, 5.74) is 0.137. The molecule has 0 radical (unpaired) electrons. The molecule has 1 rings (SSSR count). The van der Waals surface area contributed by atoms with Gasteiger partial charge in [-0.1, -0.05) is 0 Å². The predicted molar refractivity (Wildman–Crippen MR) is 78.2 cm³/mol. The van der Waals surface area contributed by atoms with E-state index in [9.17, 15) is 9.59 Å². The van der Waals surface area contributed by atoms with E-state index < -0.39 is 0 Å². The van der Waals surface area contributed by atoms with Gasteiger partial charge < -0.3 is 10.6 Å². The molecular weight excluding hydrogens is 312 g/mol. The molecule has 0 fully saturated rings. The van der Waals surface area contributed by atoms with Crippen molar-refractivity contribution in [3.8, 4) is 0 Å². The number of halogens is 1. The van der Waals surface area contributed by atoms with Crippen LogP contribution in [0.25, 0.3) is 0 Å². The van der Waals surface area contributed by atoms with Gasteiger partial charge in [0, 0.05) is 25.6 Å². The van der Waals surface area contributed by atoms with Gasteiger partial charge in [0.1, 0.15) is 4.47 Å². The van der Waals surface area contributed by atoms with Crippen molar-refractivity contribution in [3.63, 3.8) is 0 Å². The number of nitrogens with one attached hydrogen (secondary N) is 2. The van der Waals surface area contributed by atoms with Gasteiger partial charge in [-0.15, -0.1) is 0 Å². The average Bonchev–Trinajstić information content (AvgIpc) is 2.27. The summed E-state index contributed by atoms with van der Waals surface area (Å²) in [5.74, 6) is -0.0343. The van der Waals surface area contributed by atoms with Crippen LogP contribution in [0.5, 0.6) is 0 Å². The summed E-state index contributed by atoms with van der Waals surface area (Å²) in [6.45, 7) is 6.23. The van der Waals surface area contributed by atoms with Crippen molar-refractivity contribution in [1.29, 1.82) is 0 Å². The van der Waals surface area contributed by atoms with Crippen LogP contribution in [0, 0.1) is 0 Å². The van der Waals surface area contributed by atoms with E-state index in [1.807, 2.05) is 20.8 Å². The van der Waals surface area contributed by atoms with E-state index >= 15 is 0 Å². The Kier molecular flexibility index (Phi) is 5.11. The van der Waals surface area contributed by atoms with Crippen molar-refractivity contribution >= 4 is 27.5 Å². The summed E-state index contributed by atoms with van der Waals surface area (Å²) in [6.07, 6.45) is 1.88. The fourth-order valence-corrected chi connectivity index (χ4v) is 1.92. The van der Waals surface area contributed by atoms with Gasteiger partial charge in [-0.25, -0.2) is 4.68 Å². The maximum atomic E-state index is 11.6. The minimum atomic E-state index is -0.234. The SMILES string of the molecule is Cn1ncc(NCCC(=O)NC(C)(C)C)c(Br)c1=O. The highest BCUT2D eigenvalue weighted by atomic mass is 79.9. The Bertz CT molecular complexity index is 519. The summed E-state index contributed by atoms with van der Waals surface area (Å²) < 4.78 is 1.66. The number of amides is 1. The van der Waals surface area contributed by atoms with Crippen LogP contribution in [0.15, 0.2) is 15.5 Å². The minimum Gasteiger partial charge on any atom is -0.382 e. The van der Waals surface area contributed by atoms with Crippen LogP contribution in [-0.2, 0) is 11.8 Å². The second-order valence-corrected chi connectivity index (χ2v) is 6.07. The van der Waals surface area contributed by atoms with Gasteiger partial charge in [0.05, 0.1) is 11.9 Å². The molecule has 19 heavy (non-hydrogen) atoms. The molecule has 0 spiro atoms. The average molecular weight is 331 g/mol. The second-order valence-electron chi connectivity index (χ2n) is 5.28. The van der Waals surface area contributed by atoms with Crippen LogP contribution < -0.4 is 16.2 Å². The summed E-state index contributed by atoms with van der Waals surface area (Å²) in [7, 11) is 1.58. The maximum absolute atomic E-state index is 11.6. The van der Waals surface area contributed by atoms with E-state index in [0.717, 1.165) is 0 Å². The van der Waals surface area contributed by atoms with Gasteiger partial charge in [-0.2, -0.15) is 5.10 Å². The van der Waals surface area contributed by atoms with Crippen molar-refractivity contribution in [1.82, 2.24) is 15.1 Å². The lowest BCUT2D eigenvalue weighted by atomic mass is 10.1. The molecule has 1 aromatic rings. The number of carbonyl (C=O) groups is 1. The summed E-state index contributed by atoms with van der Waals surface area (Å²) in [5, 5.41) is 9.79. The first-order valence-corrected chi connectivity index (χ1v) is 6.77. The van der Waals surface area contributed by atoms with E-state index in [1.54, 1.807) is 13.2 Å². The van der Waals surface area contributed by atoms with Gasteiger partial charge in [0.15, 0.2) is 0 Å². The lowest BCUT2D eigenvalue weighted by molar-refractivity contribution is -0.122. The van der Waals surface area contributed by atoms with Crippen LogP contribution in [0.2, 0.25) is 0 Å². The van der Waals surface area contributed by atoms with E-state index in [2.05, 4.69) is 31.7 Å². The molecule has 106 valence electrons. The number of aromatic nitrogens is 2. The molecule has 1 aromatic heterocycles. The first-order chi connectivity index (χ1) is 8.70. The molecule has 0 saturated heterocycles. The fraction of sp³-hybridized carbons (Fsp3) is 0.583. The third-order valence-corrected chi connectivity index (χ3v) is 3.03. The quantitative estimate of drug-likeness (QED) is 0.871. The molecule has 1 amide bonds. The van der Waals surface area contributed by atoms with Gasteiger partial charge in [-0.3, -0.25) is 9.59 Å². The number of anilines is 1. The number of hydrogen-bond acceptors (Lipinski definition) is 4. The number of hydrogen-bond donors (Lipinski definition) is 2. The Balaban J connectivity index is 2.53. The Labute approximate surface area is 120 Å². The van der Waals surface area contributed by atoms with E-state index in [-0.39, 0.29) is 17.0 Å². The van der Waals surface area contributed by atoms with Crippen LogP contribution in [0.4, 0.5) is 5.69 Å². The van der Waals surface area contributed by atoms with E-state index in [4.69, 9.17) is 0 Å². The summed E-state index contributed by atoms with van der Waals surface area (Å²) in [4.78, 5) is 23.2. The Morgan fingerprint density at radius 3 is 2.68 bits per heavy atom. The largest absolute Gasteiger partial charge is 0.382 e. The van der Waals surface area contributed by atoms with Crippen LogP contribution >= 0.6 is 15.9 Å². The molecule has 2 N–H and O–H groups in total. The molecule has 0 saturated carbocycles. The van der Waals surface area contributed by atoms with Gasteiger partial charge in [-0.05, 0) is 36.7 Å². The Hall–Kier alpha value is -1.37. The molecule has 7 heteroatoms. The second kappa shape index (κ2) is 6.18. The van der Waals surface area contributed by atoms with Crippen molar-refractivity contribution in [2.24, 2.45) is 7.05 Å². The molecule has 0 aromatic carbocycles. The zero-order valence-electron chi connectivity index (χ0n) is 11.6. The van der Waals surface area contributed by atoms with E-state index in [1.165, 1.54) is 4.68 Å². The molecule has 0 aliphatic heterocycles. The monoisotopic (exact) mass is 330 g/mol. The number of carbonyl (C=O) groups excluding carboxylic acids is 1. The highest BCUT2D eigenvalue weighted by Gasteiger charge is 2.13. The highest BCUT2D eigenvalue weighted by Crippen LogP contribution is 2.15. The van der Waals surface area contributed by atoms with Crippen LogP contribution in [0.1, 0.15) is 27.2 Å². The zero-order valence-corrected chi connectivity index (χ0v) is 13.2. The first-order valence-electron chi connectivity index (χ1n) is 5.97. The molecule has 0 aliphatic rings. The lowest BCUT2D eigenvalue weighted by Crippen LogP contribution is -2.41. The molecule has 0 bridgehead atoms. The van der Waals surface area contributed by atoms with Crippen molar-refractivity contribution in [2.75, 3.05) is 11.9 Å². The maximum Gasteiger partial charge on any atom is 0.282 e. The third-order valence-electron chi connectivity index (χ3n) is 2.26. The third kappa shape index (κ3) is 5.02. The zero-order chi connectivity index (χ0) is 14.6. The Morgan fingerprint density at radius 2 is 2.11 bits per heavy atom. The highest BCUT2D eigenvalue weighted by molar-refractivity contribution is 9.10. The van der Waals surface area contributed by atoms with Crippen LogP contribution in [0.3, 0.4) is 0 Å². The fourth-order valence-electron chi connectivity index (χ4n) is 1.43. The number of aryl methyl sites for hydroxylation is 1. The topological polar surface area (TPSA) is 76.0 Å². The summed E-state index contributed by atoms with van der Waals surface area (Å²) >= 11 is 3.21. The predicted octanol–water partition coefficient (Wildman–Crippen LogP) is 1.26. The van der Waals surface area contributed by atoms with Crippen molar-refractivity contribution in [2.45, 2.75) is 32.7 Å². The lowest BCUT2D eigenvalue weighted by Gasteiger charge is -2.20. The molecule has 1 heterocycles. The van der Waals surface area contributed by atoms with Crippen molar-refractivity contribution < 1.29 is 4.79 Å². The van der Waals surface area contributed by atoms with E-state index in [0.29, 0.717) is 23.1 Å². The number of nitrogens with zero attached hydrogens (tertiary/aromatic N) is 2. The standard InChI is InChI=1S/C12H19BrN4O2/c1-12(2,3)16-9(18)5-6-14-8-7-15-17(4)11(19)10(8)13/h7,14H,5-6H2,1-4H3,(H,16,18). The van der Waals surface area contributed by atoms with Gasteiger partial charge in [0.2, 0.25) is 5.91 Å². The molecular formula is C12H19BrN4O2. The first kappa shape index (κ1) is 15.7. The minimum absolute atomic E-state index is 0.0343. The normalized spacial score (nSPS) is 11.2. The van der Waals surface area contributed by atoms with Crippen molar-refractivity contribution in [3.05, 3.63) is 21.0 Å². The number of rotatable bonds is 4. The molecule has 0 aliphatic carbocycles.